The standard InChI is InChI=1S/C18H30N2O2/c1-16(2,3)12-9-13(11-14(19)10-12)18(7,8)20-15(21)22-17(4,5)6/h9-11H,19H2,1-8H3,(H,20,21). The van der Waals surface area contributed by atoms with E-state index >= 15 is 0 Å². The topological polar surface area (TPSA) is 64.3 Å². The van der Waals surface area contributed by atoms with E-state index in [-0.39, 0.29) is 5.41 Å². The minimum Gasteiger partial charge on any atom is -0.444 e. The van der Waals surface area contributed by atoms with E-state index in [0.29, 0.717) is 5.69 Å². The summed E-state index contributed by atoms with van der Waals surface area (Å²) in [5, 5.41) is 2.92. The van der Waals surface area contributed by atoms with Crippen LogP contribution in [-0.4, -0.2) is 11.7 Å². The fraction of sp³-hybridized carbons (Fsp3) is 0.611. The lowest BCUT2D eigenvalue weighted by Gasteiger charge is -2.31. The lowest BCUT2D eigenvalue weighted by molar-refractivity contribution is 0.0470. The molecule has 0 heterocycles. The molecule has 22 heavy (non-hydrogen) atoms. The van der Waals surface area contributed by atoms with Crippen molar-refractivity contribution in [3.8, 4) is 0 Å². The Labute approximate surface area is 134 Å². The fourth-order valence-corrected chi connectivity index (χ4v) is 2.08. The van der Waals surface area contributed by atoms with E-state index in [2.05, 4.69) is 32.2 Å². The summed E-state index contributed by atoms with van der Waals surface area (Å²) in [6, 6.07) is 5.97. The van der Waals surface area contributed by atoms with Crippen LogP contribution in [0.1, 0.15) is 66.5 Å². The molecule has 0 spiro atoms. The van der Waals surface area contributed by atoms with Crippen LogP contribution in [-0.2, 0) is 15.7 Å². The highest BCUT2D eigenvalue weighted by Crippen LogP contribution is 2.30. The molecule has 1 amide bonds. The van der Waals surface area contributed by atoms with Gasteiger partial charge in [0.2, 0.25) is 0 Å². The van der Waals surface area contributed by atoms with Gasteiger partial charge in [-0.05, 0) is 63.3 Å². The number of carbonyl (C=O) groups excluding carboxylic acids is 1. The van der Waals surface area contributed by atoms with Gasteiger partial charge < -0.3 is 15.8 Å². The molecule has 3 N–H and O–H groups in total. The first-order chi connectivity index (χ1) is 9.71. The van der Waals surface area contributed by atoms with Crippen molar-refractivity contribution in [2.45, 2.75) is 71.9 Å². The van der Waals surface area contributed by atoms with Crippen LogP contribution in [0.5, 0.6) is 0 Å². The lowest BCUT2D eigenvalue weighted by atomic mass is 9.83. The average molecular weight is 306 g/mol. The number of nitrogens with one attached hydrogen (secondary N) is 1. The van der Waals surface area contributed by atoms with Gasteiger partial charge in [-0.2, -0.15) is 0 Å². The van der Waals surface area contributed by atoms with Gasteiger partial charge in [0.1, 0.15) is 5.60 Å². The summed E-state index contributed by atoms with van der Waals surface area (Å²) in [7, 11) is 0. The van der Waals surface area contributed by atoms with Crippen molar-refractivity contribution in [3.63, 3.8) is 0 Å². The van der Waals surface area contributed by atoms with Crippen LogP contribution in [0.25, 0.3) is 0 Å². The van der Waals surface area contributed by atoms with Gasteiger partial charge in [0.15, 0.2) is 0 Å². The zero-order valence-electron chi connectivity index (χ0n) is 15.1. The molecule has 124 valence electrons. The number of amides is 1. The number of hydrogen-bond acceptors (Lipinski definition) is 3. The zero-order chi connectivity index (χ0) is 17.3. The first-order valence-electron chi connectivity index (χ1n) is 7.63. The number of anilines is 1. The Hall–Kier alpha value is -1.71. The number of ether oxygens (including phenoxy) is 1. The van der Waals surface area contributed by atoms with E-state index in [4.69, 9.17) is 10.5 Å². The maximum absolute atomic E-state index is 12.0. The van der Waals surface area contributed by atoms with E-state index in [9.17, 15) is 4.79 Å². The Morgan fingerprint density at radius 1 is 0.955 bits per heavy atom. The minimum absolute atomic E-state index is 0.00781. The molecular weight excluding hydrogens is 276 g/mol. The van der Waals surface area contributed by atoms with Crippen LogP contribution in [0.4, 0.5) is 10.5 Å². The summed E-state index contributed by atoms with van der Waals surface area (Å²) in [5.41, 5.74) is 7.74. The molecule has 0 saturated carbocycles. The third-order valence-corrected chi connectivity index (χ3v) is 3.36. The van der Waals surface area contributed by atoms with Crippen molar-refractivity contribution in [3.05, 3.63) is 29.3 Å². The summed E-state index contributed by atoms with van der Waals surface area (Å²) in [6.45, 7) is 15.8. The van der Waals surface area contributed by atoms with Gasteiger partial charge in [-0.25, -0.2) is 4.79 Å². The Bertz CT molecular complexity index is 549. The normalized spacial score (nSPS) is 12.9. The molecule has 0 bridgehead atoms. The lowest BCUT2D eigenvalue weighted by Crippen LogP contribution is -2.44. The molecule has 0 aromatic heterocycles. The Balaban J connectivity index is 3.07. The Morgan fingerprint density at radius 3 is 1.91 bits per heavy atom. The molecule has 0 aliphatic rings. The van der Waals surface area contributed by atoms with Crippen LogP contribution in [0.2, 0.25) is 0 Å². The van der Waals surface area contributed by atoms with Crippen LogP contribution < -0.4 is 11.1 Å². The highest BCUT2D eigenvalue weighted by Gasteiger charge is 2.28. The monoisotopic (exact) mass is 306 g/mol. The second kappa shape index (κ2) is 5.82. The third kappa shape index (κ3) is 5.24. The van der Waals surface area contributed by atoms with Crippen molar-refractivity contribution in [1.82, 2.24) is 5.32 Å². The second-order valence-corrected chi connectivity index (χ2v) is 8.35. The number of alkyl carbamates (subject to hydrolysis) is 1. The molecule has 4 nitrogen and oxygen atoms in total. The summed E-state index contributed by atoms with van der Waals surface area (Å²) in [5.74, 6) is 0. The number of carbonyl (C=O) groups is 1. The highest BCUT2D eigenvalue weighted by atomic mass is 16.6. The molecular formula is C18H30N2O2. The molecule has 0 radical (unpaired) electrons. The maximum Gasteiger partial charge on any atom is 0.408 e. The molecule has 0 atom stereocenters. The van der Waals surface area contributed by atoms with E-state index < -0.39 is 17.2 Å². The first-order valence-corrected chi connectivity index (χ1v) is 7.63. The van der Waals surface area contributed by atoms with Crippen LogP contribution in [0.15, 0.2) is 18.2 Å². The van der Waals surface area contributed by atoms with Gasteiger partial charge in [-0.3, -0.25) is 0 Å². The quantitative estimate of drug-likeness (QED) is 0.799. The van der Waals surface area contributed by atoms with Gasteiger partial charge in [0.25, 0.3) is 0 Å². The van der Waals surface area contributed by atoms with E-state index in [1.165, 1.54) is 0 Å². The third-order valence-electron chi connectivity index (χ3n) is 3.36. The smallest absolute Gasteiger partial charge is 0.408 e. The van der Waals surface area contributed by atoms with Crippen LogP contribution >= 0.6 is 0 Å². The number of hydrogen-bond donors (Lipinski definition) is 2. The molecule has 0 fully saturated rings. The predicted molar refractivity (Wildman–Crippen MR) is 92.0 cm³/mol. The van der Waals surface area contributed by atoms with E-state index in [1.54, 1.807) is 0 Å². The Morgan fingerprint density at radius 2 is 1.45 bits per heavy atom. The summed E-state index contributed by atoms with van der Waals surface area (Å²) in [6.07, 6.45) is -0.433. The van der Waals surface area contributed by atoms with Crippen molar-refractivity contribution < 1.29 is 9.53 Å². The molecule has 4 heteroatoms. The second-order valence-electron chi connectivity index (χ2n) is 8.35. The zero-order valence-corrected chi connectivity index (χ0v) is 15.1. The number of benzene rings is 1. The Kier molecular flexibility index (Phi) is 4.85. The van der Waals surface area contributed by atoms with Gasteiger partial charge in [0, 0.05) is 5.69 Å². The van der Waals surface area contributed by atoms with Gasteiger partial charge >= 0.3 is 6.09 Å². The molecule has 0 aliphatic heterocycles. The highest BCUT2D eigenvalue weighted by molar-refractivity contribution is 5.69. The molecule has 0 saturated heterocycles. The summed E-state index contributed by atoms with van der Waals surface area (Å²) < 4.78 is 5.34. The molecule has 0 aliphatic carbocycles. The van der Waals surface area contributed by atoms with Gasteiger partial charge in [-0.1, -0.05) is 26.8 Å². The van der Waals surface area contributed by atoms with Crippen molar-refractivity contribution in [2.24, 2.45) is 0 Å². The molecule has 1 aromatic rings. The average Bonchev–Trinajstić information content (AvgIpc) is 2.23. The largest absolute Gasteiger partial charge is 0.444 e. The first kappa shape index (κ1) is 18.3. The van der Waals surface area contributed by atoms with Crippen molar-refractivity contribution >= 4 is 11.8 Å². The number of rotatable bonds is 2. The number of nitrogens with two attached hydrogens (primary N) is 1. The predicted octanol–water partition coefficient (Wildman–Crippen LogP) is 4.33. The number of nitrogen functional groups attached to an aromatic ring is 1. The van der Waals surface area contributed by atoms with Crippen molar-refractivity contribution in [1.29, 1.82) is 0 Å². The van der Waals surface area contributed by atoms with Crippen LogP contribution in [0, 0.1) is 0 Å². The van der Waals surface area contributed by atoms with Crippen molar-refractivity contribution in [2.75, 3.05) is 5.73 Å². The molecule has 1 rings (SSSR count). The van der Waals surface area contributed by atoms with E-state index in [0.717, 1.165) is 11.1 Å². The fourth-order valence-electron chi connectivity index (χ4n) is 2.08. The minimum atomic E-state index is -0.572. The summed E-state index contributed by atoms with van der Waals surface area (Å²) >= 11 is 0. The SMILES string of the molecule is CC(C)(C)OC(=O)NC(C)(C)c1cc(N)cc(C(C)(C)C)c1. The summed E-state index contributed by atoms with van der Waals surface area (Å²) in [4.78, 5) is 12.0. The molecule has 0 unspecified atom stereocenters. The van der Waals surface area contributed by atoms with Gasteiger partial charge in [-0.15, -0.1) is 0 Å². The molecule has 1 aromatic carbocycles. The van der Waals surface area contributed by atoms with Gasteiger partial charge in [0.05, 0.1) is 5.54 Å². The maximum atomic E-state index is 12.0. The van der Waals surface area contributed by atoms with E-state index in [1.807, 2.05) is 46.8 Å². The van der Waals surface area contributed by atoms with Crippen LogP contribution in [0.3, 0.4) is 0 Å².